The van der Waals surface area contributed by atoms with E-state index in [-0.39, 0.29) is 5.56 Å². The van der Waals surface area contributed by atoms with Gasteiger partial charge in [0.1, 0.15) is 6.04 Å². The number of nitrogens with zero attached hydrogens (tertiary/aromatic N) is 2. The van der Waals surface area contributed by atoms with Crippen molar-refractivity contribution < 1.29 is 9.90 Å². The number of aliphatic imine (C=N–C) groups is 1. The van der Waals surface area contributed by atoms with Crippen molar-refractivity contribution in [2.45, 2.75) is 40.2 Å². The summed E-state index contributed by atoms with van der Waals surface area (Å²) >= 11 is 0. The monoisotopic (exact) mass is 315 g/mol. The smallest absolute Gasteiger partial charge is 0.328 e. The van der Waals surface area contributed by atoms with Crippen LogP contribution in [0.4, 0.5) is 0 Å². The predicted octanol–water partition coefficient (Wildman–Crippen LogP) is 2.37. The van der Waals surface area contributed by atoms with Crippen molar-refractivity contribution in [1.82, 2.24) is 9.78 Å². The average molecular weight is 315 g/mol. The maximum atomic E-state index is 12.6. The van der Waals surface area contributed by atoms with Crippen LogP contribution in [0.15, 0.2) is 28.0 Å². The van der Waals surface area contributed by atoms with Gasteiger partial charge in [-0.3, -0.25) is 14.9 Å². The molecule has 122 valence electrons. The number of carboxylic acid groups (broad SMARTS) is 1. The van der Waals surface area contributed by atoms with Gasteiger partial charge in [0.25, 0.3) is 5.56 Å². The van der Waals surface area contributed by atoms with Crippen LogP contribution in [-0.4, -0.2) is 33.1 Å². The molecule has 2 aromatic rings. The number of aromatic nitrogens is 2. The summed E-state index contributed by atoms with van der Waals surface area (Å²) in [5.41, 5.74) is 3.77. The van der Waals surface area contributed by atoms with Gasteiger partial charge in [0.2, 0.25) is 0 Å². The van der Waals surface area contributed by atoms with Crippen LogP contribution >= 0.6 is 0 Å². The summed E-state index contributed by atoms with van der Waals surface area (Å²) in [6.45, 7) is 7.51. The first-order chi connectivity index (χ1) is 10.8. The first-order valence-electron chi connectivity index (χ1n) is 7.50. The molecule has 1 aromatic heterocycles. The van der Waals surface area contributed by atoms with Gasteiger partial charge in [0.15, 0.2) is 0 Å². The Morgan fingerprint density at radius 1 is 1.35 bits per heavy atom. The zero-order valence-electron chi connectivity index (χ0n) is 13.8. The Morgan fingerprint density at radius 3 is 2.61 bits per heavy atom. The molecule has 0 fully saturated rings. The number of nitrogens with one attached hydrogen (secondary N) is 1. The molecule has 1 unspecified atom stereocenters. The standard InChI is InChI=1S/C17H21N3O3/c1-5-15(17(22)23)18-9-14-12(4)19-20(16(14)21)13-7-6-10(2)11(3)8-13/h6-9,15,19H,5H2,1-4H3,(H,22,23). The molecule has 0 saturated heterocycles. The van der Waals surface area contributed by atoms with Gasteiger partial charge in [0, 0.05) is 11.9 Å². The third-order valence-corrected chi connectivity index (χ3v) is 3.92. The third kappa shape index (κ3) is 3.41. The fourth-order valence-electron chi connectivity index (χ4n) is 2.27. The molecule has 1 atom stereocenters. The number of carboxylic acids is 1. The second-order valence-electron chi connectivity index (χ2n) is 5.60. The average Bonchev–Trinajstić information content (AvgIpc) is 2.78. The minimum absolute atomic E-state index is 0.241. The zero-order valence-corrected chi connectivity index (χ0v) is 13.8. The van der Waals surface area contributed by atoms with Gasteiger partial charge in [-0.25, -0.2) is 9.48 Å². The molecule has 0 aliphatic rings. The number of aromatic amines is 1. The molecule has 0 aliphatic heterocycles. The molecular weight excluding hydrogens is 294 g/mol. The maximum absolute atomic E-state index is 12.6. The van der Waals surface area contributed by atoms with Crippen molar-refractivity contribution >= 4 is 12.2 Å². The van der Waals surface area contributed by atoms with E-state index < -0.39 is 12.0 Å². The molecule has 2 rings (SSSR count). The summed E-state index contributed by atoms with van der Waals surface area (Å²) in [6, 6.07) is 4.92. The minimum atomic E-state index is -0.994. The van der Waals surface area contributed by atoms with E-state index in [2.05, 4.69) is 10.1 Å². The van der Waals surface area contributed by atoms with E-state index in [0.717, 1.165) is 16.8 Å². The van der Waals surface area contributed by atoms with Gasteiger partial charge in [-0.15, -0.1) is 0 Å². The largest absolute Gasteiger partial charge is 0.480 e. The van der Waals surface area contributed by atoms with Gasteiger partial charge in [0.05, 0.1) is 11.3 Å². The molecule has 6 nitrogen and oxygen atoms in total. The van der Waals surface area contributed by atoms with Crippen LogP contribution < -0.4 is 5.56 Å². The highest BCUT2D eigenvalue weighted by Gasteiger charge is 2.15. The fraction of sp³-hybridized carbons (Fsp3) is 0.353. The van der Waals surface area contributed by atoms with Gasteiger partial charge in [-0.1, -0.05) is 13.0 Å². The summed E-state index contributed by atoms with van der Waals surface area (Å²) in [7, 11) is 0. The Bertz CT molecular complexity index is 815. The molecule has 1 aromatic carbocycles. The van der Waals surface area contributed by atoms with Crippen LogP contribution in [0.1, 0.15) is 35.7 Å². The van der Waals surface area contributed by atoms with Crippen molar-refractivity contribution in [2.75, 3.05) is 0 Å². The first kappa shape index (κ1) is 16.7. The van der Waals surface area contributed by atoms with Crippen molar-refractivity contribution in [3.63, 3.8) is 0 Å². The van der Waals surface area contributed by atoms with Crippen LogP contribution in [0.5, 0.6) is 0 Å². The zero-order chi connectivity index (χ0) is 17.1. The number of hydrogen-bond donors (Lipinski definition) is 2. The quantitative estimate of drug-likeness (QED) is 0.830. The molecule has 0 radical (unpaired) electrons. The predicted molar refractivity (Wildman–Crippen MR) is 89.9 cm³/mol. The van der Waals surface area contributed by atoms with E-state index in [1.165, 1.54) is 10.9 Å². The SMILES string of the molecule is CCC(N=Cc1c(C)[nH]n(-c2ccc(C)c(C)c2)c1=O)C(=O)O. The lowest BCUT2D eigenvalue weighted by Gasteiger charge is -2.05. The topological polar surface area (TPSA) is 87.5 Å². The number of carbonyl (C=O) groups is 1. The van der Waals surface area contributed by atoms with Crippen LogP contribution in [0.25, 0.3) is 5.69 Å². The first-order valence-corrected chi connectivity index (χ1v) is 7.50. The number of benzene rings is 1. The van der Waals surface area contributed by atoms with Crippen LogP contribution in [-0.2, 0) is 4.79 Å². The summed E-state index contributed by atoms with van der Waals surface area (Å²) < 4.78 is 1.45. The van der Waals surface area contributed by atoms with Gasteiger partial charge < -0.3 is 5.11 Å². The Hall–Kier alpha value is -2.63. The summed E-state index contributed by atoms with van der Waals surface area (Å²) in [6.07, 6.45) is 1.73. The lowest BCUT2D eigenvalue weighted by Crippen LogP contribution is -2.19. The summed E-state index contributed by atoms with van der Waals surface area (Å²) in [5, 5.41) is 12.0. The Labute approximate surface area is 134 Å². The highest BCUT2D eigenvalue weighted by Crippen LogP contribution is 2.13. The van der Waals surface area contributed by atoms with E-state index in [1.807, 2.05) is 32.0 Å². The highest BCUT2D eigenvalue weighted by molar-refractivity contribution is 5.84. The molecule has 0 saturated carbocycles. The van der Waals surface area contributed by atoms with Crippen LogP contribution in [0.2, 0.25) is 0 Å². The van der Waals surface area contributed by atoms with E-state index in [4.69, 9.17) is 5.11 Å². The van der Waals surface area contributed by atoms with Crippen molar-refractivity contribution in [2.24, 2.45) is 4.99 Å². The highest BCUT2D eigenvalue weighted by atomic mass is 16.4. The van der Waals surface area contributed by atoms with Crippen molar-refractivity contribution in [1.29, 1.82) is 0 Å². The van der Waals surface area contributed by atoms with E-state index in [0.29, 0.717) is 17.7 Å². The lowest BCUT2D eigenvalue weighted by molar-refractivity contribution is -0.138. The number of H-pyrrole nitrogens is 1. The molecule has 0 amide bonds. The van der Waals surface area contributed by atoms with Crippen LogP contribution in [0, 0.1) is 20.8 Å². The van der Waals surface area contributed by atoms with Gasteiger partial charge >= 0.3 is 5.97 Å². The molecule has 0 aliphatic carbocycles. The number of rotatable bonds is 5. The van der Waals surface area contributed by atoms with Crippen molar-refractivity contribution in [3.8, 4) is 5.69 Å². The Balaban J connectivity index is 2.44. The summed E-state index contributed by atoms with van der Waals surface area (Å²) in [4.78, 5) is 27.6. The molecule has 2 N–H and O–H groups in total. The van der Waals surface area contributed by atoms with E-state index >= 15 is 0 Å². The second-order valence-corrected chi connectivity index (χ2v) is 5.60. The lowest BCUT2D eigenvalue weighted by atomic mass is 10.1. The molecule has 23 heavy (non-hydrogen) atoms. The van der Waals surface area contributed by atoms with E-state index in [1.54, 1.807) is 13.8 Å². The van der Waals surface area contributed by atoms with E-state index in [9.17, 15) is 9.59 Å². The number of aliphatic carboxylic acids is 1. The Kier molecular flexibility index (Phi) is 4.83. The normalized spacial score (nSPS) is 12.7. The van der Waals surface area contributed by atoms with Gasteiger partial charge in [-0.2, -0.15) is 0 Å². The Morgan fingerprint density at radius 2 is 2.04 bits per heavy atom. The minimum Gasteiger partial charge on any atom is -0.480 e. The molecule has 6 heteroatoms. The molecule has 0 bridgehead atoms. The third-order valence-electron chi connectivity index (χ3n) is 3.92. The second kappa shape index (κ2) is 6.64. The van der Waals surface area contributed by atoms with Gasteiger partial charge in [-0.05, 0) is 50.5 Å². The maximum Gasteiger partial charge on any atom is 0.328 e. The van der Waals surface area contributed by atoms with Crippen molar-refractivity contribution in [3.05, 3.63) is 50.9 Å². The summed E-state index contributed by atoms with van der Waals surface area (Å²) in [5.74, 6) is -0.994. The fourth-order valence-corrected chi connectivity index (χ4v) is 2.27. The number of aryl methyl sites for hydroxylation is 3. The number of hydrogen-bond acceptors (Lipinski definition) is 3. The molecule has 1 heterocycles. The molecular formula is C17H21N3O3. The molecule has 0 spiro atoms. The van der Waals surface area contributed by atoms with Crippen LogP contribution in [0.3, 0.4) is 0 Å².